The van der Waals surface area contributed by atoms with Crippen LogP contribution in [0.5, 0.6) is 0 Å². The van der Waals surface area contributed by atoms with Gasteiger partial charge in [0.2, 0.25) is 5.91 Å². The Hall–Kier alpha value is -1.13. The topological polar surface area (TPSA) is 32.3 Å². The van der Waals surface area contributed by atoms with Gasteiger partial charge in [0, 0.05) is 12.2 Å². The summed E-state index contributed by atoms with van der Waals surface area (Å²) in [5.41, 5.74) is 1.39. The van der Waals surface area contributed by atoms with Crippen LogP contribution in [0, 0.1) is 5.82 Å². The molecule has 3 rings (SSSR count). The summed E-state index contributed by atoms with van der Waals surface area (Å²) in [5, 5.41) is 3.36. The minimum atomic E-state index is -0.437. The summed E-state index contributed by atoms with van der Waals surface area (Å²) < 4.78 is 13.4. The summed E-state index contributed by atoms with van der Waals surface area (Å²) in [6.07, 6.45) is 3.51. The Morgan fingerprint density at radius 1 is 1.50 bits per heavy atom. The van der Waals surface area contributed by atoms with Crippen LogP contribution in [0.25, 0.3) is 0 Å². The molecule has 2 aliphatic rings. The number of anilines is 1. The molecule has 1 aromatic carbocycles. The Balaban J connectivity index is 0.00000147. The molecule has 5 heteroatoms. The highest BCUT2D eigenvalue weighted by molar-refractivity contribution is 6.02. The zero-order chi connectivity index (χ0) is 13.5. The van der Waals surface area contributed by atoms with E-state index in [0.717, 1.165) is 43.5 Å². The van der Waals surface area contributed by atoms with E-state index in [-0.39, 0.29) is 24.1 Å². The van der Waals surface area contributed by atoms with Crippen molar-refractivity contribution in [2.75, 3.05) is 18.0 Å². The average molecular weight is 299 g/mol. The molecule has 0 saturated carbocycles. The maximum Gasteiger partial charge on any atom is 0.247 e. The van der Waals surface area contributed by atoms with Gasteiger partial charge in [-0.25, -0.2) is 4.39 Å². The zero-order valence-electron chi connectivity index (χ0n) is 11.6. The van der Waals surface area contributed by atoms with Crippen LogP contribution in [0.3, 0.4) is 0 Å². The first kappa shape index (κ1) is 15.3. The molecule has 1 fully saturated rings. The molecule has 110 valence electrons. The molecule has 1 saturated heterocycles. The molecule has 0 radical (unpaired) electrons. The normalized spacial score (nSPS) is 24.4. The number of nitrogens with zero attached hydrogens (tertiary/aromatic N) is 1. The third-order valence-corrected chi connectivity index (χ3v) is 4.44. The highest BCUT2D eigenvalue weighted by Crippen LogP contribution is 2.33. The van der Waals surface area contributed by atoms with E-state index in [1.54, 1.807) is 11.0 Å². The minimum absolute atomic E-state index is 0. The third kappa shape index (κ3) is 2.31. The lowest BCUT2D eigenvalue weighted by Gasteiger charge is -2.32. The van der Waals surface area contributed by atoms with Crippen molar-refractivity contribution < 1.29 is 9.18 Å². The lowest BCUT2D eigenvalue weighted by atomic mass is 9.92. The summed E-state index contributed by atoms with van der Waals surface area (Å²) in [6.45, 7) is 3.60. The van der Waals surface area contributed by atoms with Crippen molar-refractivity contribution in [2.24, 2.45) is 0 Å². The second-order valence-electron chi connectivity index (χ2n) is 5.45. The summed E-state index contributed by atoms with van der Waals surface area (Å²) in [4.78, 5) is 14.6. The van der Waals surface area contributed by atoms with Gasteiger partial charge in [-0.15, -0.1) is 12.4 Å². The van der Waals surface area contributed by atoms with E-state index in [2.05, 4.69) is 5.32 Å². The number of halogens is 2. The first-order valence-electron chi connectivity index (χ1n) is 7.02. The molecule has 1 N–H and O–H groups in total. The number of carbonyl (C=O) groups is 1. The van der Waals surface area contributed by atoms with Crippen LogP contribution in [0.15, 0.2) is 18.2 Å². The SMILES string of the molecule is CCC1(C(=O)N2CCc3ccc(F)cc32)CCCN1.Cl. The largest absolute Gasteiger partial charge is 0.310 e. The number of nitrogens with one attached hydrogen (secondary N) is 1. The first-order valence-corrected chi connectivity index (χ1v) is 7.02. The van der Waals surface area contributed by atoms with Crippen molar-refractivity contribution in [1.82, 2.24) is 5.32 Å². The van der Waals surface area contributed by atoms with Crippen molar-refractivity contribution in [3.05, 3.63) is 29.6 Å². The fourth-order valence-electron chi connectivity index (χ4n) is 3.26. The lowest BCUT2D eigenvalue weighted by Crippen LogP contribution is -2.54. The molecule has 0 aromatic heterocycles. The van der Waals surface area contributed by atoms with Crippen molar-refractivity contribution in [1.29, 1.82) is 0 Å². The van der Waals surface area contributed by atoms with Crippen LogP contribution in [0.4, 0.5) is 10.1 Å². The van der Waals surface area contributed by atoms with E-state index < -0.39 is 5.54 Å². The molecular weight excluding hydrogens is 279 g/mol. The molecule has 1 atom stereocenters. The Morgan fingerprint density at radius 3 is 2.95 bits per heavy atom. The molecule has 20 heavy (non-hydrogen) atoms. The summed E-state index contributed by atoms with van der Waals surface area (Å²) >= 11 is 0. The summed E-state index contributed by atoms with van der Waals surface area (Å²) in [5.74, 6) is -0.166. The number of fused-ring (bicyclic) bond motifs is 1. The third-order valence-electron chi connectivity index (χ3n) is 4.44. The van der Waals surface area contributed by atoms with Crippen molar-refractivity contribution in [3.8, 4) is 0 Å². The van der Waals surface area contributed by atoms with Gasteiger partial charge in [-0.05, 0) is 49.9 Å². The quantitative estimate of drug-likeness (QED) is 0.910. The highest BCUT2D eigenvalue weighted by Gasteiger charge is 2.43. The molecule has 0 aliphatic carbocycles. The Kier molecular flexibility index (Phi) is 4.35. The van der Waals surface area contributed by atoms with Crippen LogP contribution < -0.4 is 10.2 Å². The van der Waals surface area contributed by atoms with Gasteiger partial charge < -0.3 is 10.2 Å². The predicted octanol–water partition coefficient (Wildman–Crippen LogP) is 2.67. The smallest absolute Gasteiger partial charge is 0.247 e. The van der Waals surface area contributed by atoms with Crippen LogP contribution in [-0.4, -0.2) is 24.5 Å². The van der Waals surface area contributed by atoms with Crippen molar-refractivity contribution >= 4 is 24.0 Å². The number of rotatable bonds is 2. The lowest BCUT2D eigenvalue weighted by molar-refractivity contribution is -0.124. The Bertz CT molecular complexity index is 515. The molecule has 1 amide bonds. The average Bonchev–Trinajstić information content (AvgIpc) is 3.05. The van der Waals surface area contributed by atoms with Gasteiger partial charge in [-0.2, -0.15) is 0 Å². The molecule has 3 nitrogen and oxygen atoms in total. The van der Waals surface area contributed by atoms with Crippen LogP contribution in [0.2, 0.25) is 0 Å². The number of amides is 1. The molecule has 2 aliphatic heterocycles. The second kappa shape index (κ2) is 5.70. The Morgan fingerprint density at radius 2 is 2.30 bits per heavy atom. The molecule has 0 spiro atoms. The molecule has 1 aromatic rings. The molecule has 0 bridgehead atoms. The first-order chi connectivity index (χ1) is 9.16. The second-order valence-corrected chi connectivity index (χ2v) is 5.45. The number of benzene rings is 1. The zero-order valence-corrected chi connectivity index (χ0v) is 12.4. The van der Waals surface area contributed by atoms with Gasteiger partial charge in [0.1, 0.15) is 5.82 Å². The van der Waals surface area contributed by atoms with Crippen molar-refractivity contribution in [2.45, 2.75) is 38.1 Å². The van der Waals surface area contributed by atoms with E-state index in [0.29, 0.717) is 6.54 Å². The molecule has 1 unspecified atom stereocenters. The van der Waals surface area contributed by atoms with E-state index >= 15 is 0 Å². The van der Waals surface area contributed by atoms with Crippen LogP contribution in [0.1, 0.15) is 31.7 Å². The van der Waals surface area contributed by atoms with E-state index in [9.17, 15) is 9.18 Å². The highest BCUT2D eigenvalue weighted by atomic mass is 35.5. The molecule has 2 heterocycles. The van der Waals surface area contributed by atoms with E-state index in [1.165, 1.54) is 12.1 Å². The predicted molar refractivity (Wildman–Crippen MR) is 80.0 cm³/mol. The standard InChI is InChI=1S/C15H19FN2O.ClH/c1-2-15(7-3-8-17-15)14(19)18-9-6-11-4-5-12(16)10-13(11)18;/h4-5,10,17H,2-3,6-9H2,1H3;1H. The van der Waals surface area contributed by atoms with Gasteiger partial charge in [0.05, 0.1) is 5.54 Å². The number of carbonyl (C=O) groups excluding carboxylic acids is 1. The summed E-state index contributed by atoms with van der Waals surface area (Å²) in [6, 6.07) is 4.74. The van der Waals surface area contributed by atoms with Crippen LogP contribution >= 0.6 is 12.4 Å². The fraction of sp³-hybridized carbons (Fsp3) is 0.533. The molecular formula is C15H20ClFN2O. The maximum atomic E-state index is 13.4. The van der Waals surface area contributed by atoms with Gasteiger partial charge in [0.15, 0.2) is 0 Å². The van der Waals surface area contributed by atoms with Crippen LogP contribution in [-0.2, 0) is 11.2 Å². The van der Waals surface area contributed by atoms with Crippen molar-refractivity contribution in [3.63, 3.8) is 0 Å². The van der Waals surface area contributed by atoms with E-state index in [4.69, 9.17) is 0 Å². The number of hydrogen-bond donors (Lipinski definition) is 1. The van der Waals surface area contributed by atoms with E-state index in [1.807, 2.05) is 6.92 Å². The maximum absolute atomic E-state index is 13.4. The van der Waals surface area contributed by atoms with Gasteiger partial charge in [0.25, 0.3) is 0 Å². The number of hydrogen-bond acceptors (Lipinski definition) is 2. The minimum Gasteiger partial charge on any atom is -0.310 e. The van der Waals surface area contributed by atoms with Gasteiger partial charge >= 0.3 is 0 Å². The summed E-state index contributed by atoms with van der Waals surface area (Å²) in [7, 11) is 0. The Labute approximate surface area is 124 Å². The van der Waals surface area contributed by atoms with Gasteiger partial charge in [-0.3, -0.25) is 4.79 Å². The fourth-order valence-corrected chi connectivity index (χ4v) is 3.26. The van der Waals surface area contributed by atoms with Gasteiger partial charge in [-0.1, -0.05) is 13.0 Å². The monoisotopic (exact) mass is 298 g/mol.